The van der Waals surface area contributed by atoms with Crippen molar-refractivity contribution in [3.63, 3.8) is 0 Å². The van der Waals surface area contributed by atoms with Gasteiger partial charge in [0.25, 0.3) is 0 Å². The van der Waals surface area contributed by atoms with E-state index in [1.54, 1.807) is 31.0 Å². The molecule has 0 saturated heterocycles. The fourth-order valence-corrected chi connectivity index (χ4v) is 1.89. The van der Waals surface area contributed by atoms with Gasteiger partial charge in [-0.2, -0.15) is 0 Å². The lowest BCUT2D eigenvalue weighted by Gasteiger charge is -2.18. The van der Waals surface area contributed by atoms with Crippen LogP contribution in [0.3, 0.4) is 0 Å². The van der Waals surface area contributed by atoms with Gasteiger partial charge >= 0.3 is 0 Å². The maximum atomic E-state index is 6.15. The molecule has 0 spiro atoms. The third kappa shape index (κ3) is 2.78. The fraction of sp³-hybridized carbons (Fsp3) is 0.250. The van der Waals surface area contributed by atoms with Crippen molar-refractivity contribution < 1.29 is 0 Å². The summed E-state index contributed by atoms with van der Waals surface area (Å²) >= 11 is 6.15. The summed E-state index contributed by atoms with van der Waals surface area (Å²) in [7, 11) is 0. The van der Waals surface area contributed by atoms with E-state index in [1.807, 2.05) is 13.0 Å². The van der Waals surface area contributed by atoms with Crippen LogP contribution < -0.4 is 5.32 Å². The monoisotopic (exact) mass is 248 g/mol. The van der Waals surface area contributed by atoms with E-state index in [9.17, 15) is 0 Å². The lowest BCUT2D eigenvalue weighted by molar-refractivity contribution is 0.612. The zero-order chi connectivity index (χ0) is 12.1. The van der Waals surface area contributed by atoms with Gasteiger partial charge in [0.05, 0.1) is 23.0 Å². The number of hydrogen-bond donors (Lipinski definition) is 1. The summed E-state index contributed by atoms with van der Waals surface area (Å²) < 4.78 is 0. The fourth-order valence-electron chi connectivity index (χ4n) is 1.66. The number of pyridine rings is 1. The third-order valence-electron chi connectivity index (χ3n) is 2.40. The van der Waals surface area contributed by atoms with Gasteiger partial charge in [0.2, 0.25) is 0 Å². The predicted octanol–water partition coefficient (Wildman–Crippen LogP) is 2.22. The molecule has 2 aromatic rings. The second-order valence-electron chi connectivity index (χ2n) is 3.52. The summed E-state index contributed by atoms with van der Waals surface area (Å²) in [6, 6.07) is 1.84. The van der Waals surface area contributed by atoms with Crippen LogP contribution in [0.15, 0.2) is 37.1 Å². The second-order valence-corrected chi connectivity index (χ2v) is 3.93. The molecule has 0 aliphatic heterocycles. The normalized spacial score (nSPS) is 12.4. The number of nitrogens with one attached hydrogen (secondary N) is 1. The largest absolute Gasteiger partial charge is 0.305 e. The maximum absolute atomic E-state index is 6.15. The highest BCUT2D eigenvalue weighted by Gasteiger charge is 2.17. The Kier molecular flexibility index (Phi) is 4.01. The van der Waals surface area contributed by atoms with Gasteiger partial charge in [-0.1, -0.05) is 18.5 Å². The molecule has 4 nitrogen and oxygen atoms in total. The topological polar surface area (TPSA) is 50.7 Å². The molecule has 0 aromatic carbocycles. The van der Waals surface area contributed by atoms with E-state index in [4.69, 9.17) is 11.6 Å². The Balaban J connectivity index is 2.39. The average Bonchev–Trinajstić information content (AvgIpc) is 2.38. The van der Waals surface area contributed by atoms with E-state index in [-0.39, 0.29) is 6.04 Å². The van der Waals surface area contributed by atoms with Gasteiger partial charge in [-0.3, -0.25) is 15.0 Å². The van der Waals surface area contributed by atoms with Crippen LogP contribution >= 0.6 is 11.6 Å². The van der Waals surface area contributed by atoms with E-state index in [0.29, 0.717) is 5.02 Å². The number of hydrogen-bond acceptors (Lipinski definition) is 4. The van der Waals surface area contributed by atoms with Crippen LogP contribution in [0, 0.1) is 0 Å². The molecule has 0 bridgehead atoms. The first-order chi connectivity index (χ1) is 8.33. The van der Waals surface area contributed by atoms with E-state index < -0.39 is 0 Å². The summed E-state index contributed by atoms with van der Waals surface area (Å²) in [6.07, 6.45) is 8.43. The van der Waals surface area contributed by atoms with Crippen molar-refractivity contribution in [2.75, 3.05) is 6.54 Å². The maximum Gasteiger partial charge on any atom is 0.0802 e. The summed E-state index contributed by atoms with van der Waals surface area (Å²) in [5, 5.41) is 3.97. The molecular weight excluding hydrogens is 236 g/mol. The zero-order valence-corrected chi connectivity index (χ0v) is 10.2. The Hall–Kier alpha value is -1.52. The average molecular weight is 249 g/mol. The minimum Gasteiger partial charge on any atom is -0.305 e. The molecule has 0 fully saturated rings. The molecule has 1 N–H and O–H groups in total. The van der Waals surface area contributed by atoms with E-state index in [1.165, 1.54) is 0 Å². The van der Waals surface area contributed by atoms with Crippen LogP contribution in [0.4, 0.5) is 0 Å². The Morgan fingerprint density at radius 3 is 2.71 bits per heavy atom. The van der Waals surface area contributed by atoms with Gasteiger partial charge in [0.1, 0.15) is 0 Å². The number of rotatable bonds is 4. The van der Waals surface area contributed by atoms with Crippen LogP contribution in [-0.2, 0) is 0 Å². The van der Waals surface area contributed by atoms with Crippen molar-refractivity contribution in [1.29, 1.82) is 0 Å². The van der Waals surface area contributed by atoms with Crippen LogP contribution in [-0.4, -0.2) is 21.5 Å². The molecule has 1 atom stereocenters. The van der Waals surface area contributed by atoms with Crippen molar-refractivity contribution in [2.24, 2.45) is 0 Å². The quantitative estimate of drug-likeness (QED) is 0.902. The molecule has 0 radical (unpaired) electrons. The van der Waals surface area contributed by atoms with Gasteiger partial charge in [-0.05, 0) is 18.2 Å². The van der Waals surface area contributed by atoms with Gasteiger partial charge in [-0.25, -0.2) is 0 Å². The molecule has 2 aromatic heterocycles. The Labute approximate surface area is 105 Å². The molecule has 88 valence electrons. The number of halogens is 1. The van der Waals surface area contributed by atoms with Gasteiger partial charge in [0, 0.05) is 24.8 Å². The molecule has 0 amide bonds. The van der Waals surface area contributed by atoms with E-state index >= 15 is 0 Å². The highest BCUT2D eigenvalue weighted by atomic mass is 35.5. The van der Waals surface area contributed by atoms with E-state index in [2.05, 4.69) is 20.3 Å². The smallest absolute Gasteiger partial charge is 0.0802 e. The SMILES string of the molecule is CCNC(c1cnccn1)c1ccncc1Cl. The molecular formula is C12H13ClN4. The Bertz CT molecular complexity index is 475. The zero-order valence-electron chi connectivity index (χ0n) is 9.47. The van der Waals surface area contributed by atoms with Crippen molar-refractivity contribution >= 4 is 11.6 Å². The Morgan fingerprint density at radius 2 is 2.06 bits per heavy atom. The van der Waals surface area contributed by atoms with Crippen LogP contribution in [0.5, 0.6) is 0 Å². The van der Waals surface area contributed by atoms with Crippen LogP contribution in [0.2, 0.25) is 5.02 Å². The van der Waals surface area contributed by atoms with Gasteiger partial charge in [-0.15, -0.1) is 0 Å². The van der Waals surface area contributed by atoms with Crippen molar-refractivity contribution in [1.82, 2.24) is 20.3 Å². The van der Waals surface area contributed by atoms with Gasteiger partial charge in [0.15, 0.2) is 0 Å². The lowest BCUT2D eigenvalue weighted by Crippen LogP contribution is -2.23. The first-order valence-corrected chi connectivity index (χ1v) is 5.79. The molecule has 5 heteroatoms. The minimum absolute atomic E-state index is 0.0517. The summed E-state index contributed by atoms with van der Waals surface area (Å²) in [6.45, 7) is 2.86. The molecule has 2 heterocycles. The molecule has 0 aliphatic rings. The minimum atomic E-state index is -0.0517. The highest BCUT2D eigenvalue weighted by molar-refractivity contribution is 6.31. The first-order valence-electron chi connectivity index (χ1n) is 5.41. The van der Waals surface area contributed by atoms with E-state index in [0.717, 1.165) is 17.8 Å². The lowest BCUT2D eigenvalue weighted by atomic mass is 10.1. The molecule has 0 saturated carbocycles. The predicted molar refractivity (Wildman–Crippen MR) is 66.8 cm³/mol. The van der Waals surface area contributed by atoms with Crippen LogP contribution in [0.1, 0.15) is 24.2 Å². The summed E-state index contributed by atoms with van der Waals surface area (Å²) in [5.41, 5.74) is 1.81. The molecule has 2 rings (SSSR count). The van der Waals surface area contributed by atoms with Crippen molar-refractivity contribution in [3.8, 4) is 0 Å². The van der Waals surface area contributed by atoms with Gasteiger partial charge < -0.3 is 5.32 Å². The number of nitrogens with zero attached hydrogens (tertiary/aromatic N) is 3. The summed E-state index contributed by atoms with van der Waals surface area (Å²) in [5.74, 6) is 0. The molecule has 17 heavy (non-hydrogen) atoms. The van der Waals surface area contributed by atoms with Crippen LogP contribution in [0.25, 0.3) is 0 Å². The van der Waals surface area contributed by atoms with Crippen molar-refractivity contribution in [2.45, 2.75) is 13.0 Å². The molecule has 0 aliphatic carbocycles. The second kappa shape index (κ2) is 5.70. The summed E-state index contributed by atoms with van der Waals surface area (Å²) in [4.78, 5) is 12.4. The molecule has 1 unspecified atom stereocenters. The Morgan fingerprint density at radius 1 is 1.24 bits per heavy atom. The van der Waals surface area contributed by atoms with Crippen molar-refractivity contribution in [3.05, 3.63) is 53.3 Å². The number of aromatic nitrogens is 3. The highest BCUT2D eigenvalue weighted by Crippen LogP contribution is 2.25. The third-order valence-corrected chi connectivity index (χ3v) is 2.72. The first kappa shape index (κ1) is 12.0. The standard InChI is InChI=1S/C12H13ClN4/c1-2-16-12(11-8-15-5-6-17-11)9-3-4-14-7-10(9)13/h3-8,12,16H,2H2,1H3.